The summed E-state index contributed by atoms with van der Waals surface area (Å²) in [6, 6.07) is 13.5. The molecular formula is C24H40Cl2SiZr-2. The van der Waals surface area contributed by atoms with E-state index in [2.05, 4.69) is 105 Å². The molecular weight excluding hydrogens is 478 g/mol. The SMILES string of the molecule is CCc1cc(C(C)(C)C)c[cH-]1.CCc1cc(C(C)(C)C)c[cH-]1.C[Si](C)=[Zr+2].[Cl-].[Cl-]. The van der Waals surface area contributed by atoms with E-state index in [9.17, 15) is 0 Å². The molecule has 0 nitrogen and oxygen atoms in total. The van der Waals surface area contributed by atoms with Crippen LogP contribution in [-0.4, -0.2) is 5.43 Å². The van der Waals surface area contributed by atoms with E-state index in [4.69, 9.17) is 0 Å². The van der Waals surface area contributed by atoms with Crippen LogP contribution in [0.4, 0.5) is 0 Å². The molecule has 0 fully saturated rings. The predicted octanol–water partition coefficient (Wildman–Crippen LogP) is 1.32. The molecule has 0 aliphatic carbocycles. The van der Waals surface area contributed by atoms with Crippen LogP contribution in [0.15, 0.2) is 36.4 Å². The van der Waals surface area contributed by atoms with Crippen LogP contribution < -0.4 is 24.8 Å². The van der Waals surface area contributed by atoms with Gasteiger partial charge < -0.3 is 24.8 Å². The number of halogens is 2. The molecule has 0 unspecified atom stereocenters. The molecule has 0 saturated carbocycles. The molecule has 2 aromatic rings. The van der Waals surface area contributed by atoms with Crippen molar-refractivity contribution in [2.45, 2.75) is 92.2 Å². The van der Waals surface area contributed by atoms with Crippen molar-refractivity contribution in [2.75, 3.05) is 0 Å². The summed E-state index contributed by atoms with van der Waals surface area (Å²) in [6.07, 6.45) is 2.30. The number of hydrogen-bond donors (Lipinski definition) is 0. The van der Waals surface area contributed by atoms with Gasteiger partial charge in [0.05, 0.1) is 0 Å². The molecule has 0 heterocycles. The Morgan fingerprint density at radius 2 is 1.00 bits per heavy atom. The maximum atomic E-state index is 2.31. The first kappa shape index (κ1) is 33.0. The fourth-order valence-electron chi connectivity index (χ4n) is 2.36. The van der Waals surface area contributed by atoms with Crippen molar-refractivity contribution in [1.82, 2.24) is 0 Å². The summed E-state index contributed by atoms with van der Waals surface area (Å²) < 4.78 is 0. The fourth-order valence-corrected chi connectivity index (χ4v) is 2.36. The second-order valence-corrected chi connectivity index (χ2v) is 18.6. The predicted molar refractivity (Wildman–Crippen MR) is 118 cm³/mol. The number of aryl methyl sites for hydroxylation is 2. The van der Waals surface area contributed by atoms with Crippen molar-refractivity contribution in [3.8, 4) is 0 Å². The van der Waals surface area contributed by atoms with Gasteiger partial charge in [-0.15, -0.1) is 0 Å². The molecule has 0 saturated heterocycles. The van der Waals surface area contributed by atoms with Crippen LogP contribution >= 0.6 is 0 Å². The smallest absolute Gasteiger partial charge is 1.00 e. The summed E-state index contributed by atoms with van der Waals surface area (Å²) in [5.74, 6) is 0. The summed E-state index contributed by atoms with van der Waals surface area (Å²) in [4.78, 5) is 0. The molecule has 0 aliphatic heterocycles. The van der Waals surface area contributed by atoms with Crippen LogP contribution in [0.5, 0.6) is 0 Å². The maximum Gasteiger partial charge on any atom is -1.00 e. The molecule has 0 spiro atoms. The van der Waals surface area contributed by atoms with E-state index in [1.54, 1.807) is 23.3 Å². The van der Waals surface area contributed by atoms with E-state index in [1.165, 1.54) is 22.3 Å². The first-order valence-electron chi connectivity index (χ1n) is 9.85. The molecule has 28 heavy (non-hydrogen) atoms. The summed E-state index contributed by atoms with van der Waals surface area (Å²) in [5, 5.41) is 0. The molecule has 2 rings (SSSR count). The summed E-state index contributed by atoms with van der Waals surface area (Å²) in [7, 11) is 0. The zero-order chi connectivity index (χ0) is 20.5. The van der Waals surface area contributed by atoms with Crippen molar-refractivity contribution in [3.05, 3.63) is 58.7 Å². The quantitative estimate of drug-likeness (QED) is 0.416. The van der Waals surface area contributed by atoms with Gasteiger partial charge in [-0.25, -0.2) is 12.1 Å². The average Bonchev–Trinajstić information content (AvgIpc) is 3.15. The Hall–Kier alpha value is 0.380. The van der Waals surface area contributed by atoms with E-state index >= 15 is 0 Å². The molecule has 0 amide bonds. The minimum atomic E-state index is 0. The minimum Gasteiger partial charge on any atom is -1.00 e. The van der Waals surface area contributed by atoms with Gasteiger partial charge in [0.25, 0.3) is 0 Å². The first-order chi connectivity index (χ1) is 11.8. The summed E-state index contributed by atoms with van der Waals surface area (Å²) in [5.41, 5.74) is 6.65. The van der Waals surface area contributed by atoms with Crippen LogP contribution in [-0.2, 0) is 47.0 Å². The monoisotopic (exact) mass is 516 g/mol. The molecule has 0 aromatic heterocycles. The van der Waals surface area contributed by atoms with Crippen LogP contribution in [0, 0.1) is 0 Å². The number of hydrogen-bond acceptors (Lipinski definition) is 0. The van der Waals surface area contributed by atoms with Crippen molar-refractivity contribution in [1.29, 1.82) is 0 Å². The molecule has 0 N–H and O–H groups in total. The van der Waals surface area contributed by atoms with Gasteiger partial charge in [-0.1, -0.05) is 79.1 Å². The molecule has 160 valence electrons. The van der Waals surface area contributed by atoms with Crippen LogP contribution in [0.1, 0.15) is 77.6 Å². The Balaban J connectivity index is -0.000000355. The van der Waals surface area contributed by atoms with Crippen molar-refractivity contribution < 1.29 is 48.1 Å². The normalized spacial score (nSPS) is 10.4. The Morgan fingerprint density at radius 1 is 0.750 bits per heavy atom. The molecule has 2 aromatic carbocycles. The van der Waals surface area contributed by atoms with Gasteiger partial charge in [-0.3, -0.25) is 0 Å². The first-order valence-corrected chi connectivity index (χ1v) is 16.0. The second kappa shape index (κ2) is 15.2. The molecule has 0 bridgehead atoms. The summed E-state index contributed by atoms with van der Waals surface area (Å²) >= 11 is 1.74. The van der Waals surface area contributed by atoms with Gasteiger partial charge >= 0.3 is 41.9 Å². The Morgan fingerprint density at radius 3 is 1.11 bits per heavy atom. The number of rotatable bonds is 2. The van der Waals surface area contributed by atoms with Crippen molar-refractivity contribution in [2.24, 2.45) is 0 Å². The van der Waals surface area contributed by atoms with Crippen molar-refractivity contribution >= 4 is 5.43 Å². The molecule has 0 aliphatic rings. The summed E-state index contributed by atoms with van der Waals surface area (Å²) in [6.45, 7) is 22.5. The standard InChI is InChI=1S/2C11H17.C2H6Si.2ClH.Zr/c2*1-5-9-6-7-10(8-9)11(2,3)4;1-3-2;;;/h2*6-8H,5H2,1-4H3;1-2H3;2*1H;/q2*-1;;;;+2/p-2. The van der Waals surface area contributed by atoms with E-state index < -0.39 is 0 Å². The third-order valence-corrected chi connectivity index (χ3v) is 4.18. The second-order valence-electron chi connectivity index (χ2n) is 9.22. The molecule has 0 radical (unpaired) electrons. The van der Waals surface area contributed by atoms with Gasteiger partial charge in [-0.05, 0) is 0 Å². The topological polar surface area (TPSA) is 0 Å². The van der Waals surface area contributed by atoms with Gasteiger partial charge in [-0.2, -0.15) is 46.5 Å². The van der Waals surface area contributed by atoms with Gasteiger partial charge in [0.1, 0.15) is 0 Å². The van der Waals surface area contributed by atoms with Gasteiger partial charge in [0.15, 0.2) is 0 Å². The molecule has 4 heteroatoms. The molecule has 0 atom stereocenters. The Kier molecular flexibility index (Phi) is 18.0. The van der Waals surface area contributed by atoms with Gasteiger partial charge in [0.2, 0.25) is 0 Å². The van der Waals surface area contributed by atoms with Crippen LogP contribution in [0.3, 0.4) is 0 Å². The van der Waals surface area contributed by atoms with Gasteiger partial charge in [0, 0.05) is 0 Å². The van der Waals surface area contributed by atoms with E-state index in [1.807, 2.05) is 0 Å². The van der Waals surface area contributed by atoms with Crippen LogP contribution in [0.25, 0.3) is 0 Å². The Labute approximate surface area is 203 Å². The fraction of sp³-hybridized carbons (Fsp3) is 0.583. The Bertz CT molecular complexity index is 598. The largest absolute Gasteiger partial charge is 1.00 e. The zero-order valence-corrected chi connectivity index (χ0v) is 24.6. The zero-order valence-electron chi connectivity index (χ0n) is 19.6. The third-order valence-electron chi connectivity index (χ3n) is 4.18. The average molecular weight is 519 g/mol. The minimum absolute atomic E-state index is 0. The van der Waals surface area contributed by atoms with E-state index in [0.717, 1.165) is 12.8 Å². The van der Waals surface area contributed by atoms with E-state index in [-0.39, 0.29) is 30.2 Å². The van der Waals surface area contributed by atoms with Crippen LogP contribution in [0.2, 0.25) is 13.1 Å². The third kappa shape index (κ3) is 14.4. The van der Waals surface area contributed by atoms with E-state index in [0.29, 0.717) is 10.8 Å². The van der Waals surface area contributed by atoms with Crippen molar-refractivity contribution in [3.63, 3.8) is 0 Å². The maximum absolute atomic E-state index is 2.31.